The van der Waals surface area contributed by atoms with Gasteiger partial charge in [0.25, 0.3) is 0 Å². The van der Waals surface area contributed by atoms with Crippen LogP contribution in [0.15, 0.2) is 24.3 Å². The fourth-order valence-corrected chi connectivity index (χ4v) is 1.36. The normalized spacial score (nSPS) is 12.6. The van der Waals surface area contributed by atoms with Gasteiger partial charge in [0, 0.05) is 5.56 Å². The molecule has 16 heavy (non-hydrogen) atoms. The van der Waals surface area contributed by atoms with Crippen LogP contribution in [-0.4, -0.2) is 23.6 Å². The molecule has 0 fully saturated rings. The zero-order valence-corrected chi connectivity index (χ0v) is 9.93. The molecular weight excluding hydrogens is 204 g/mol. The van der Waals surface area contributed by atoms with Crippen LogP contribution in [-0.2, 0) is 0 Å². The van der Waals surface area contributed by atoms with Crippen LogP contribution in [0.3, 0.4) is 0 Å². The van der Waals surface area contributed by atoms with Crippen LogP contribution in [0.2, 0.25) is 0 Å². The second-order valence-electron chi connectivity index (χ2n) is 4.01. The quantitative estimate of drug-likeness (QED) is 0.777. The molecule has 0 radical (unpaired) electrons. The lowest BCUT2D eigenvalue weighted by Gasteiger charge is -2.13. The fraction of sp³-hybridized carbons (Fsp3) is 0.462. The van der Waals surface area contributed by atoms with Crippen molar-refractivity contribution in [2.75, 3.05) is 6.61 Å². The molecule has 0 aliphatic carbocycles. The molecule has 0 saturated carbocycles. The van der Waals surface area contributed by atoms with E-state index in [4.69, 9.17) is 4.74 Å². The van der Waals surface area contributed by atoms with E-state index in [-0.39, 0.29) is 11.7 Å². The highest BCUT2D eigenvalue weighted by Crippen LogP contribution is 2.15. The largest absolute Gasteiger partial charge is 0.494 e. The minimum Gasteiger partial charge on any atom is -0.494 e. The third-order valence-electron chi connectivity index (χ3n) is 2.35. The molecule has 0 saturated heterocycles. The predicted octanol–water partition coefficient (Wildman–Crippen LogP) is 2.28. The second kappa shape index (κ2) is 5.66. The van der Waals surface area contributed by atoms with Gasteiger partial charge in [0.05, 0.1) is 6.61 Å². The van der Waals surface area contributed by atoms with Gasteiger partial charge < -0.3 is 9.84 Å². The Morgan fingerprint density at radius 2 is 1.88 bits per heavy atom. The van der Waals surface area contributed by atoms with Crippen molar-refractivity contribution in [2.45, 2.75) is 26.9 Å². The van der Waals surface area contributed by atoms with E-state index in [1.807, 2.05) is 20.8 Å². The van der Waals surface area contributed by atoms with Crippen molar-refractivity contribution in [1.82, 2.24) is 0 Å². The van der Waals surface area contributed by atoms with E-state index in [2.05, 4.69) is 0 Å². The van der Waals surface area contributed by atoms with Crippen LogP contribution in [0.1, 0.15) is 31.1 Å². The molecule has 0 aromatic heterocycles. The molecule has 3 nitrogen and oxygen atoms in total. The Hall–Kier alpha value is -1.35. The number of aliphatic hydroxyl groups is 1. The number of rotatable bonds is 5. The molecule has 3 heteroatoms. The van der Waals surface area contributed by atoms with Crippen molar-refractivity contribution in [3.05, 3.63) is 29.8 Å². The van der Waals surface area contributed by atoms with Crippen molar-refractivity contribution in [1.29, 1.82) is 0 Å². The molecule has 0 amide bonds. The maximum atomic E-state index is 11.8. The smallest absolute Gasteiger partial charge is 0.191 e. The Morgan fingerprint density at radius 1 is 1.31 bits per heavy atom. The van der Waals surface area contributed by atoms with Gasteiger partial charge in [0.1, 0.15) is 11.9 Å². The molecule has 88 valence electrons. The van der Waals surface area contributed by atoms with Crippen LogP contribution in [0.25, 0.3) is 0 Å². The van der Waals surface area contributed by atoms with Gasteiger partial charge in [0.15, 0.2) is 5.78 Å². The maximum Gasteiger partial charge on any atom is 0.191 e. The van der Waals surface area contributed by atoms with Crippen LogP contribution in [0, 0.1) is 5.92 Å². The lowest BCUT2D eigenvalue weighted by Crippen LogP contribution is -2.25. The first kappa shape index (κ1) is 12.7. The third kappa shape index (κ3) is 3.07. The maximum absolute atomic E-state index is 11.8. The minimum absolute atomic E-state index is 0.0703. The summed E-state index contributed by atoms with van der Waals surface area (Å²) in [6.07, 6.45) is -0.932. The fourth-order valence-electron chi connectivity index (χ4n) is 1.36. The van der Waals surface area contributed by atoms with Crippen LogP contribution < -0.4 is 4.74 Å². The average molecular weight is 222 g/mol. The van der Waals surface area contributed by atoms with Gasteiger partial charge in [-0.3, -0.25) is 4.79 Å². The highest BCUT2D eigenvalue weighted by atomic mass is 16.5. The van der Waals surface area contributed by atoms with Gasteiger partial charge in [-0.15, -0.1) is 0 Å². The monoisotopic (exact) mass is 222 g/mol. The molecule has 1 atom stereocenters. The highest BCUT2D eigenvalue weighted by Gasteiger charge is 2.20. The summed E-state index contributed by atoms with van der Waals surface area (Å²) in [6.45, 7) is 6.14. The molecule has 1 unspecified atom stereocenters. The number of ether oxygens (including phenoxy) is 1. The number of hydrogen-bond acceptors (Lipinski definition) is 3. The van der Waals surface area contributed by atoms with Crippen molar-refractivity contribution >= 4 is 5.78 Å². The Bertz CT molecular complexity index is 341. The first-order chi connectivity index (χ1) is 7.56. The molecule has 0 spiro atoms. The minimum atomic E-state index is -0.932. The zero-order valence-electron chi connectivity index (χ0n) is 9.93. The van der Waals surface area contributed by atoms with E-state index in [0.29, 0.717) is 12.2 Å². The topological polar surface area (TPSA) is 46.5 Å². The summed E-state index contributed by atoms with van der Waals surface area (Å²) in [5.41, 5.74) is 0.518. The lowest BCUT2D eigenvalue weighted by molar-refractivity contribution is 0.0648. The van der Waals surface area contributed by atoms with E-state index in [0.717, 1.165) is 5.75 Å². The van der Waals surface area contributed by atoms with Gasteiger partial charge >= 0.3 is 0 Å². The first-order valence-electron chi connectivity index (χ1n) is 5.51. The van der Waals surface area contributed by atoms with E-state index >= 15 is 0 Å². The number of benzene rings is 1. The second-order valence-corrected chi connectivity index (χ2v) is 4.01. The molecular formula is C13H18O3. The van der Waals surface area contributed by atoms with Gasteiger partial charge in [0.2, 0.25) is 0 Å². The van der Waals surface area contributed by atoms with Crippen molar-refractivity contribution in [3.63, 3.8) is 0 Å². The van der Waals surface area contributed by atoms with Gasteiger partial charge in [-0.2, -0.15) is 0 Å². The summed E-state index contributed by atoms with van der Waals surface area (Å²) >= 11 is 0. The Kier molecular flexibility index (Phi) is 4.50. The van der Waals surface area contributed by atoms with E-state index in [1.54, 1.807) is 24.3 Å². The van der Waals surface area contributed by atoms with E-state index < -0.39 is 6.10 Å². The molecule has 1 aromatic carbocycles. The van der Waals surface area contributed by atoms with Crippen molar-refractivity contribution < 1.29 is 14.6 Å². The summed E-state index contributed by atoms with van der Waals surface area (Å²) in [6, 6.07) is 6.84. The number of aliphatic hydroxyl groups excluding tert-OH is 1. The first-order valence-corrected chi connectivity index (χ1v) is 5.51. The van der Waals surface area contributed by atoms with Crippen LogP contribution >= 0.6 is 0 Å². The number of ketones is 1. The summed E-state index contributed by atoms with van der Waals surface area (Å²) in [5, 5.41) is 9.64. The zero-order chi connectivity index (χ0) is 12.1. The summed E-state index contributed by atoms with van der Waals surface area (Å²) in [7, 11) is 0. The number of carbonyl (C=O) groups excluding carboxylic acids is 1. The Morgan fingerprint density at radius 3 is 2.31 bits per heavy atom. The number of carbonyl (C=O) groups is 1. The van der Waals surface area contributed by atoms with Crippen LogP contribution in [0.4, 0.5) is 0 Å². The average Bonchev–Trinajstić information content (AvgIpc) is 2.28. The number of hydrogen-bond donors (Lipinski definition) is 1. The van der Waals surface area contributed by atoms with Gasteiger partial charge in [-0.1, -0.05) is 13.8 Å². The lowest BCUT2D eigenvalue weighted by atomic mass is 9.98. The number of Topliss-reactive ketones (excluding diaryl/α,β-unsaturated/α-hetero) is 1. The van der Waals surface area contributed by atoms with Gasteiger partial charge in [-0.25, -0.2) is 0 Å². The highest BCUT2D eigenvalue weighted by molar-refractivity contribution is 5.99. The summed E-state index contributed by atoms with van der Waals surface area (Å²) < 4.78 is 5.27. The molecule has 1 aromatic rings. The van der Waals surface area contributed by atoms with E-state index in [9.17, 15) is 9.90 Å². The van der Waals surface area contributed by atoms with Crippen LogP contribution in [0.5, 0.6) is 5.75 Å². The molecule has 0 heterocycles. The molecule has 0 bridgehead atoms. The molecule has 1 rings (SSSR count). The summed E-state index contributed by atoms with van der Waals surface area (Å²) in [5.74, 6) is 0.426. The third-order valence-corrected chi connectivity index (χ3v) is 2.35. The van der Waals surface area contributed by atoms with Gasteiger partial charge in [-0.05, 0) is 37.1 Å². The summed E-state index contributed by atoms with van der Waals surface area (Å²) in [4.78, 5) is 11.8. The molecule has 1 N–H and O–H groups in total. The SMILES string of the molecule is CCOc1ccc(C(=O)C(O)C(C)C)cc1. The molecule has 0 aliphatic heterocycles. The van der Waals surface area contributed by atoms with Crippen molar-refractivity contribution in [3.8, 4) is 5.75 Å². The Balaban J connectivity index is 2.77. The van der Waals surface area contributed by atoms with Crippen molar-refractivity contribution in [2.24, 2.45) is 5.92 Å². The molecule has 0 aliphatic rings. The Labute approximate surface area is 96.1 Å². The standard InChI is InChI=1S/C13H18O3/c1-4-16-11-7-5-10(6-8-11)13(15)12(14)9(2)3/h5-9,12,14H,4H2,1-3H3. The van der Waals surface area contributed by atoms with E-state index in [1.165, 1.54) is 0 Å². The predicted molar refractivity (Wildman–Crippen MR) is 62.8 cm³/mol.